The van der Waals surface area contributed by atoms with Gasteiger partial charge in [0.05, 0.1) is 0 Å². The van der Waals surface area contributed by atoms with Gasteiger partial charge in [0.2, 0.25) is 11.8 Å². The summed E-state index contributed by atoms with van der Waals surface area (Å²) in [5, 5.41) is 5.95. The van der Waals surface area contributed by atoms with Gasteiger partial charge in [-0.25, -0.2) is 4.79 Å². The molecule has 7 heteroatoms. The highest BCUT2D eigenvalue weighted by molar-refractivity contribution is 5.92. The van der Waals surface area contributed by atoms with E-state index < -0.39 is 23.8 Å². The highest BCUT2D eigenvalue weighted by atomic mass is 16.6. The minimum atomic E-state index is -0.819. The maximum atomic E-state index is 14.4. The number of aryl methyl sites for hydroxylation is 1. The summed E-state index contributed by atoms with van der Waals surface area (Å²) in [6.45, 7) is 20.4. The normalized spacial score (nSPS) is 14.1. The van der Waals surface area contributed by atoms with Gasteiger partial charge in [-0.3, -0.25) is 9.59 Å². The number of carbonyl (C=O) groups excluding carboxylic acids is 3. The van der Waals surface area contributed by atoms with Gasteiger partial charge in [0.15, 0.2) is 0 Å². The number of hydrogen-bond donors (Lipinski definition) is 2. The van der Waals surface area contributed by atoms with E-state index in [0.29, 0.717) is 18.9 Å². The zero-order chi connectivity index (χ0) is 29.8. The van der Waals surface area contributed by atoms with Crippen molar-refractivity contribution in [3.05, 3.63) is 35.4 Å². The molecule has 0 bridgehead atoms. The van der Waals surface area contributed by atoms with Crippen molar-refractivity contribution in [3.63, 3.8) is 0 Å². The molecular formula is C32H55N3O4. The van der Waals surface area contributed by atoms with Gasteiger partial charge in [0.1, 0.15) is 17.7 Å². The fourth-order valence-corrected chi connectivity index (χ4v) is 4.63. The Morgan fingerprint density at radius 1 is 0.949 bits per heavy atom. The zero-order valence-corrected chi connectivity index (χ0v) is 26.2. The van der Waals surface area contributed by atoms with E-state index >= 15 is 0 Å². The minimum absolute atomic E-state index is 0.140. The van der Waals surface area contributed by atoms with Crippen LogP contribution in [-0.4, -0.2) is 47.0 Å². The lowest BCUT2D eigenvalue weighted by atomic mass is 9.93. The van der Waals surface area contributed by atoms with Crippen molar-refractivity contribution in [1.82, 2.24) is 15.5 Å². The molecule has 39 heavy (non-hydrogen) atoms. The highest BCUT2D eigenvalue weighted by Crippen LogP contribution is 2.30. The molecule has 0 fully saturated rings. The van der Waals surface area contributed by atoms with E-state index in [-0.39, 0.29) is 23.8 Å². The summed E-state index contributed by atoms with van der Waals surface area (Å²) in [5.41, 5.74) is 1.05. The molecule has 222 valence electrons. The van der Waals surface area contributed by atoms with Crippen LogP contribution in [0.4, 0.5) is 4.79 Å². The van der Waals surface area contributed by atoms with Crippen molar-refractivity contribution < 1.29 is 19.1 Å². The molecule has 0 heterocycles. The number of hydrogen-bond acceptors (Lipinski definition) is 4. The fraction of sp³-hybridized carbons (Fsp3) is 0.719. The van der Waals surface area contributed by atoms with E-state index in [1.807, 2.05) is 52.0 Å². The molecule has 1 rings (SSSR count). The maximum absolute atomic E-state index is 14.4. The molecule has 1 aromatic rings. The van der Waals surface area contributed by atoms with E-state index in [2.05, 4.69) is 31.4 Å². The molecule has 0 spiro atoms. The third-order valence-electron chi connectivity index (χ3n) is 6.68. The van der Waals surface area contributed by atoms with Crippen LogP contribution in [0.1, 0.15) is 118 Å². The van der Waals surface area contributed by atoms with Crippen molar-refractivity contribution in [2.24, 2.45) is 11.8 Å². The third-order valence-corrected chi connectivity index (χ3v) is 6.68. The molecule has 0 saturated heterocycles. The Bertz CT molecular complexity index is 907. The Morgan fingerprint density at radius 2 is 1.59 bits per heavy atom. The SMILES string of the molecule is CCCCCNC(=O)C(c1ccccc1C)N(C(=O)C(CC(C)C)NC(=O)OC(C)(C)C)C(C)CCC(C)C. The van der Waals surface area contributed by atoms with E-state index in [1.165, 1.54) is 0 Å². The van der Waals surface area contributed by atoms with Crippen LogP contribution in [0.25, 0.3) is 0 Å². The summed E-state index contributed by atoms with van der Waals surface area (Å²) < 4.78 is 5.51. The van der Waals surface area contributed by atoms with E-state index in [9.17, 15) is 14.4 Å². The van der Waals surface area contributed by atoms with E-state index in [4.69, 9.17) is 4.74 Å². The van der Waals surface area contributed by atoms with Crippen molar-refractivity contribution in [3.8, 4) is 0 Å². The number of alkyl carbamates (subject to hydrolysis) is 1. The Balaban J connectivity index is 3.58. The summed E-state index contributed by atoms with van der Waals surface area (Å²) in [6.07, 6.45) is 4.43. The van der Waals surface area contributed by atoms with Gasteiger partial charge in [0.25, 0.3) is 0 Å². The third kappa shape index (κ3) is 12.4. The summed E-state index contributed by atoms with van der Waals surface area (Å²) in [6, 6.07) is 5.90. The first-order valence-corrected chi connectivity index (χ1v) is 14.8. The quantitative estimate of drug-likeness (QED) is 0.234. The van der Waals surface area contributed by atoms with Gasteiger partial charge < -0.3 is 20.3 Å². The Morgan fingerprint density at radius 3 is 2.13 bits per heavy atom. The van der Waals surface area contributed by atoms with Crippen molar-refractivity contribution in [2.75, 3.05) is 6.54 Å². The number of amides is 3. The molecule has 0 aliphatic rings. The fourth-order valence-electron chi connectivity index (χ4n) is 4.63. The maximum Gasteiger partial charge on any atom is 0.408 e. The Hall–Kier alpha value is -2.57. The lowest BCUT2D eigenvalue weighted by Gasteiger charge is -2.39. The van der Waals surface area contributed by atoms with Gasteiger partial charge >= 0.3 is 6.09 Å². The first kappa shape index (κ1) is 34.5. The van der Waals surface area contributed by atoms with E-state index in [0.717, 1.165) is 43.2 Å². The monoisotopic (exact) mass is 545 g/mol. The lowest BCUT2D eigenvalue weighted by Crippen LogP contribution is -2.56. The molecule has 0 radical (unpaired) electrons. The molecular weight excluding hydrogens is 490 g/mol. The number of rotatable bonds is 15. The number of carbonyl (C=O) groups is 3. The van der Waals surface area contributed by atoms with Gasteiger partial charge in [-0.05, 0) is 83.3 Å². The first-order valence-electron chi connectivity index (χ1n) is 14.8. The minimum Gasteiger partial charge on any atom is -0.444 e. The standard InChI is InChI=1S/C32H55N3O4/c1-11-12-15-20-33-29(36)28(26-17-14-13-16-24(26)6)35(25(7)19-18-22(2)3)30(37)27(21-23(4)5)34-31(38)39-32(8,9)10/h13-14,16-17,22-23,25,27-28H,11-12,15,18-21H2,1-10H3,(H,33,36)(H,34,38). The molecule has 3 amide bonds. The predicted molar refractivity (Wildman–Crippen MR) is 159 cm³/mol. The Kier molecular flexibility index (Phi) is 14.6. The van der Waals surface area contributed by atoms with Gasteiger partial charge in [0, 0.05) is 12.6 Å². The number of ether oxygens (including phenoxy) is 1. The second kappa shape index (κ2) is 16.5. The average Bonchev–Trinajstić information content (AvgIpc) is 2.82. The summed E-state index contributed by atoms with van der Waals surface area (Å²) in [5.74, 6) is 0.144. The molecule has 7 nitrogen and oxygen atoms in total. The number of nitrogens with one attached hydrogen (secondary N) is 2. The smallest absolute Gasteiger partial charge is 0.408 e. The molecule has 0 aromatic heterocycles. The van der Waals surface area contributed by atoms with Gasteiger partial charge in [-0.15, -0.1) is 0 Å². The number of benzene rings is 1. The number of nitrogens with zero attached hydrogens (tertiary/aromatic N) is 1. The van der Waals surface area contributed by atoms with Gasteiger partial charge in [-0.2, -0.15) is 0 Å². The van der Waals surface area contributed by atoms with Crippen LogP contribution in [-0.2, 0) is 14.3 Å². The van der Waals surface area contributed by atoms with Crippen LogP contribution in [0, 0.1) is 18.8 Å². The van der Waals surface area contributed by atoms with E-state index in [1.54, 1.807) is 25.7 Å². The van der Waals surface area contributed by atoms with Crippen LogP contribution in [0.2, 0.25) is 0 Å². The van der Waals surface area contributed by atoms with Crippen LogP contribution in [0.5, 0.6) is 0 Å². The molecule has 0 aliphatic heterocycles. The van der Waals surface area contributed by atoms with Gasteiger partial charge in [-0.1, -0.05) is 71.7 Å². The van der Waals surface area contributed by atoms with Crippen LogP contribution >= 0.6 is 0 Å². The highest BCUT2D eigenvalue weighted by Gasteiger charge is 2.39. The summed E-state index contributed by atoms with van der Waals surface area (Å²) in [7, 11) is 0. The summed E-state index contributed by atoms with van der Waals surface area (Å²) >= 11 is 0. The van der Waals surface area contributed by atoms with Crippen LogP contribution in [0.3, 0.4) is 0 Å². The molecule has 0 saturated carbocycles. The largest absolute Gasteiger partial charge is 0.444 e. The zero-order valence-electron chi connectivity index (χ0n) is 26.2. The summed E-state index contributed by atoms with van der Waals surface area (Å²) in [4.78, 5) is 42.9. The topological polar surface area (TPSA) is 87.7 Å². The average molecular weight is 546 g/mol. The first-order chi connectivity index (χ1) is 18.2. The van der Waals surface area contributed by atoms with Crippen molar-refractivity contribution in [1.29, 1.82) is 0 Å². The second-order valence-electron chi connectivity index (χ2n) is 12.7. The molecule has 3 unspecified atom stereocenters. The van der Waals surface area contributed by atoms with Crippen LogP contribution < -0.4 is 10.6 Å². The van der Waals surface area contributed by atoms with Crippen LogP contribution in [0.15, 0.2) is 24.3 Å². The molecule has 2 N–H and O–H groups in total. The second-order valence-corrected chi connectivity index (χ2v) is 12.7. The van der Waals surface area contributed by atoms with Crippen molar-refractivity contribution >= 4 is 17.9 Å². The lowest BCUT2D eigenvalue weighted by molar-refractivity contribution is -0.145. The number of unbranched alkanes of at least 4 members (excludes halogenated alkanes) is 2. The Labute approximate surface area is 237 Å². The predicted octanol–water partition coefficient (Wildman–Crippen LogP) is 6.94. The molecule has 1 aromatic carbocycles. The van der Waals surface area contributed by atoms with Crippen molar-refractivity contribution in [2.45, 2.75) is 131 Å². The molecule has 0 aliphatic carbocycles. The molecule has 3 atom stereocenters.